The van der Waals surface area contributed by atoms with Crippen molar-refractivity contribution in [3.05, 3.63) is 87.4 Å². The number of pyridine rings is 1. The number of fused-ring (bicyclic) bond motifs is 1. The number of aryl methyl sites for hydroxylation is 1. The van der Waals surface area contributed by atoms with Crippen molar-refractivity contribution in [2.24, 2.45) is 0 Å². The number of anilines is 1. The number of thioether (sulfide) groups is 1. The Morgan fingerprint density at radius 3 is 2.76 bits per heavy atom. The molecule has 0 aliphatic heterocycles. The Morgan fingerprint density at radius 1 is 1.24 bits per heavy atom. The predicted molar refractivity (Wildman–Crippen MR) is 136 cm³/mol. The van der Waals surface area contributed by atoms with Crippen molar-refractivity contribution < 1.29 is 9.53 Å². The van der Waals surface area contributed by atoms with Gasteiger partial charge in [-0.2, -0.15) is 0 Å². The van der Waals surface area contributed by atoms with Crippen LogP contribution in [0, 0.1) is 6.92 Å². The summed E-state index contributed by atoms with van der Waals surface area (Å²) in [6, 6.07) is 14.3. The average Bonchev–Trinajstić information content (AvgIpc) is 2.84. The lowest BCUT2D eigenvalue weighted by Crippen LogP contribution is -2.27. The highest BCUT2D eigenvalue weighted by Gasteiger charge is 2.21. The van der Waals surface area contributed by atoms with Crippen LogP contribution in [0.1, 0.15) is 18.1 Å². The number of carbonyl (C=O) groups is 1. The van der Waals surface area contributed by atoms with E-state index in [1.165, 1.54) is 18.9 Å². The number of rotatable bonds is 7. The fraction of sp³-hybridized carbons (Fsp3) is 0.200. The number of amides is 1. The number of para-hydroxylation sites is 1. The molecule has 0 bridgehead atoms. The van der Waals surface area contributed by atoms with Crippen molar-refractivity contribution in [1.29, 1.82) is 0 Å². The summed E-state index contributed by atoms with van der Waals surface area (Å²) < 4.78 is 6.94. The Labute approximate surface area is 206 Å². The summed E-state index contributed by atoms with van der Waals surface area (Å²) >= 11 is 7.39. The molecule has 0 aliphatic carbocycles. The van der Waals surface area contributed by atoms with E-state index in [9.17, 15) is 9.59 Å². The second kappa shape index (κ2) is 10.3. The molecule has 1 unspecified atom stereocenters. The number of benzene rings is 2. The summed E-state index contributed by atoms with van der Waals surface area (Å²) in [6.45, 7) is 3.92. The highest BCUT2D eigenvalue weighted by molar-refractivity contribution is 8.00. The van der Waals surface area contributed by atoms with Crippen LogP contribution >= 0.6 is 23.4 Å². The van der Waals surface area contributed by atoms with Gasteiger partial charge in [0.2, 0.25) is 5.91 Å². The van der Waals surface area contributed by atoms with Crippen LogP contribution in [0.3, 0.4) is 0 Å². The van der Waals surface area contributed by atoms with Crippen LogP contribution in [0.15, 0.2) is 70.9 Å². The third-order valence-electron chi connectivity index (χ3n) is 5.28. The van der Waals surface area contributed by atoms with Gasteiger partial charge in [0.05, 0.1) is 35.5 Å². The number of halogens is 1. The van der Waals surface area contributed by atoms with Crippen LogP contribution in [0.5, 0.6) is 5.75 Å². The van der Waals surface area contributed by atoms with Gasteiger partial charge in [0.1, 0.15) is 5.75 Å². The number of carbonyl (C=O) groups excluding carboxylic acids is 1. The molecule has 1 amide bonds. The van der Waals surface area contributed by atoms with Gasteiger partial charge < -0.3 is 10.1 Å². The monoisotopic (exact) mass is 494 g/mol. The van der Waals surface area contributed by atoms with E-state index in [4.69, 9.17) is 21.3 Å². The lowest BCUT2D eigenvalue weighted by Gasteiger charge is -2.17. The molecule has 0 saturated carbocycles. The first kappa shape index (κ1) is 23.8. The zero-order valence-corrected chi connectivity index (χ0v) is 20.5. The first-order valence-corrected chi connectivity index (χ1v) is 11.8. The van der Waals surface area contributed by atoms with Gasteiger partial charge in [-0.05, 0) is 49.2 Å². The van der Waals surface area contributed by atoms with Gasteiger partial charge in [-0.25, -0.2) is 4.98 Å². The molecule has 34 heavy (non-hydrogen) atoms. The lowest BCUT2D eigenvalue weighted by atomic mass is 10.2. The molecule has 1 N–H and O–H groups in total. The smallest absolute Gasteiger partial charge is 0.262 e. The van der Waals surface area contributed by atoms with Gasteiger partial charge in [-0.15, -0.1) is 0 Å². The highest BCUT2D eigenvalue weighted by Crippen LogP contribution is 2.32. The van der Waals surface area contributed by atoms with Gasteiger partial charge in [-0.3, -0.25) is 19.1 Å². The minimum Gasteiger partial charge on any atom is -0.495 e. The molecule has 7 nitrogen and oxygen atoms in total. The van der Waals surface area contributed by atoms with Crippen molar-refractivity contribution in [2.75, 3.05) is 12.4 Å². The molecule has 2 aromatic carbocycles. The van der Waals surface area contributed by atoms with E-state index in [2.05, 4.69) is 10.3 Å². The molecule has 9 heteroatoms. The third kappa shape index (κ3) is 5.08. The predicted octanol–water partition coefficient (Wildman–Crippen LogP) is 4.93. The van der Waals surface area contributed by atoms with Crippen LogP contribution in [0.4, 0.5) is 5.69 Å². The van der Waals surface area contributed by atoms with E-state index >= 15 is 0 Å². The summed E-state index contributed by atoms with van der Waals surface area (Å²) in [7, 11) is 1.52. The lowest BCUT2D eigenvalue weighted by molar-refractivity contribution is -0.115. The van der Waals surface area contributed by atoms with E-state index in [1.54, 1.807) is 48.1 Å². The van der Waals surface area contributed by atoms with E-state index in [0.717, 1.165) is 11.1 Å². The molecular formula is C25H23ClN4O3S. The van der Waals surface area contributed by atoms with E-state index in [-0.39, 0.29) is 11.5 Å². The summed E-state index contributed by atoms with van der Waals surface area (Å²) in [5.74, 6) is 0.221. The summed E-state index contributed by atoms with van der Waals surface area (Å²) in [5.41, 5.74) is 2.63. The SMILES string of the molecule is COc1cc(Cl)c(C)cc1NC(=O)C(C)Sc1nc2ccccc2c(=O)n1Cc1cccnc1. The topological polar surface area (TPSA) is 86.1 Å². The Balaban J connectivity index is 1.65. The van der Waals surface area contributed by atoms with Crippen LogP contribution in [-0.2, 0) is 11.3 Å². The minimum absolute atomic E-state index is 0.167. The number of nitrogens with one attached hydrogen (secondary N) is 1. The normalized spacial score (nSPS) is 11.9. The molecular weight excluding hydrogens is 472 g/mol. The van der Waals surface area contributed by atoms with E-state index < -0.39 is 5.25 Å². The van der Waals surface area contributed by atoms with Crippen molar-refractivity contribution in [1.82, 2.24) is 14.5 Å². The fourth-order valence-electron chi connectivity index (χ4n) is 3.43. The molecule has 0 fully saturated rings. The summed E-state index contributed by atoms with van der Waals surface area (Å²) in [5, 5.41) is 3.88. The minimum atomic E-state index is -0.547. The van der Waals surface area contributed by atoms with Crippen molar-refractivity contribution in [3.63, 3.8) is 0 Å². The van der Waals surface area contributed by atoms with Crippen molar-refractivity contribution >= 4 is 45.9 Å². The fourth-order valence-corrected chi connectivity index (χ4v) is 4.49. The second-order valence-electron chi connectivity index (χ2n) is 7.72. The molecule has 0 saturated heterocycles. The second-order valence-corrected chi connectivity index (χ2v) is 9.43. The molecule has 1 atom stereocenters. The van der Waals surface area contributed by atoms with E-state index in [0.29, 0.717) is 39.1 Å². The molecule has 4 rings (SSSR count). The molecule has 0 aliphatic rings. The zero-order valence-electron chi connectivity index (χ0n) is 18.9. The zero-order chi connectivity index (χ0) is 24.2. The standard InChI is InChI=1S/C25H23ClN4O3S/c1-15-11-21(22(33-3)12-19(15)26)28-23(31)16(2)34-25-29-20-9-5-4-8-18(20)24(32)30(25)14-17-7-6-10-27-13-17/h4-13,16H,14H2,1-3H3,(H,28,31). The number of methoxy groups -OCH3 is 1. The van der Waals surface area contributed by atoms with Gasteiger partial charge >= 0.3 is 0 Å². The molecule has 2 heterocycles. The Bertz CT molecular complexity index is 1410. The number of hydrogen-bond acceptors (Lipinski definition) is 6. The van der Waals surface area contributed by atoms with Crippen LogP contribution in [0.25, 0.3) is 10.9 Å². The largest absolute Gasteiger partial charge is 0.495 e. The van der Waals surface area contributed by atoms with Gasteiger partial charge in [0, 0.05) is 23.5 Å². The van der Waals surface area contributed by atoms with Crippen LogP contribution < -0.4 is 15.6 Å². The Morgan fingerprint density at radius 2 is 2.03 bits per heavy atom. The van der Waals surface area contributed by atoms with Crippen molar-refractivity contribution in [3.8, 4) is 5.75 Å². The summed E-state index contributed by atoms with van der Waals surface area (Å²) in [4.78, 5) is 35.2. The molecule has 174 valence electrons. The molecule has 0 spiro atoms. The average molecular weight is 495 g/mol. The maximum Gasteiger partial charge on any atom is 0.262 e. The summed E-state index contributed by atoms with van der Waals surface area (Å²) in [6.07, 6.45) is 3.39. The third-order valence-corrected chi connectivity index (χ3v) is 6.78. The molecule has 0 radical (unpaired) electrons. The first-order chi connectivity index (χ1) is 16.4. The Kier molecular flexibility index (Phi) is 7.19. The van der Waals surface area contributed by atoms with Gasteiger partial charge in [0.15, 0.2) is 5.16 Å². The molecule has 2 aromatic heterocycles. The number of hydrogen-bond donors (Lipinski definition) is 1. The number of nitrogens with zero attached hydrogens (tertiary/aromatic N) is 3. The number of aromatic nitrogens is 3. The number of ether oxygens (including phenoxy) is 1. The van der Waals surface area contributed by atoms with Gasteiger partial charge in [-0.1, -0.05) is 41.6 Å². The highest BCUT2D eigenvalue weighted by atomic mass is 35.5. The maximum atomic E-state index is 13.3. The van der Waals surface area contributed by atoms with E-state index in [1.807, 2.05) is 31.2 Å². The van der Waals surface area contributed by atoms with Gasteiger partial charge in [0.25, 0.3) is 5.56 Å². The molecule has 4 aromatic rings. The maximum absolute atomic E-state index is 13.3. The van der Waals surface area contributed by atoms with Crippen LogP contribution in [0.2, 0.25) is 5.02 Å². The Hall–Kier alpha value is -3.36. The van der Waals surface area contributed by atoms with Crippen molar-refractivity contribution in [2.45, 2.75) is 30.8 Å². The van der Waals surface area contributed by atoms with Crippen LogP contribution in [-0.4, -0.2) is 32.8 Å². The quantitative estimate of drug-likeness (QED) is 0.289. The first-order valence-electron chi connectivity index (χ1n) is 10.6.